The number of ether oxygens (including phenoxy) is 2. The smallest absolute Gasteiger partial charge is 0.415 e. The zero-order valence-corrected chi connectivity index (χ0v) is 23.5. The molecule has 4 aromatic rings. The van der Waals surface area contributed by atoms with Gasteiger partial charge < -0.3 is 19.9 Å². The topological polar surface area (TPSA) is 105 Å². The molecule has 0 saturated heterocycles. The summed E-state index contributed by atoms with van der Waals surface area (Å²) in [6.45, 7) is 6.77. The summed E-state index contributed by atoms with van der Waals surface area (Å²) >= 11 is 0. The Morgan fingerprint density at radius 2 is 1.93 bits per heavy atom. The van der Waals surface area contributed by atoms with Gasteiger partial charge in [-0.3, -0.25) is 14.1 Å². The zero-order valence-electron chi connectivity index (χ0n) is 23.5. The number of rotatable bonds is 8. The summed E-state index contributed by atoms with van der Waals surface area (Å²) in [7, 11) is 0. The number of pyridine rings is 1. The Morgan fingerprint density at radius 1 is 1.15 bits per heavy atom. The first-order chi connectivity index (χ1) is 19.5. The van der Waals surface area contributed by atoms with E-state index < -0.39 is 17.5 Å². The number of hydrogen-bond acceptors (Lipinski definition) is 6. The Hall–Kier alpha value is -4.44. The lowest BCUT2D eigenvalue weighted by Gasteiger charge is -2.27. The second kappa shape index (κ2) is 11.2. The number of nitrogens with zero attached hydrogens (tertiary/aromatic N) is 3. The Labute approximate surface area is 237 Å². The van der Waals surface area contributed by atoms with Gasteiger partial charge in [-0.1, -0.05) is 12.1 Å². The van der Waals surface area contributed by atoms with E-state index in [0.29, 0.717) is 28.3 Å². The number of amides is 2. The molecule has 2 N–H and O–H groups in total. The number of aliphatic hydroxyl groups is 1. The van der Waals surface area contributed by atoms with Crippen LogP contribution in [-0.4, -0.2) is 51.3 Å². The van der Waals surface area contributed by atoms with Crippen LogP contribution in [0.5, 0.6) is 11.5 Å². The van der Waals surface area contributed by atoms with Gasteiger partial charge in [-0.2, -0.15) is 0 Å². The third-order valence-corrected chi connectivity index (χ3v) is 6.50. The number of anilines is 1. The fraction of sp³-hybridized carbons (Fsp3) is 0.323. The van der Waals surface area contributed by atoms with Gasteiger partial charge in [0.15, 0.2) is 5.65 Å². The van der Waals surface area contributed by atoms with Crippen molar-refractivity contribution in [2.24, 2.45) is 0 Å². The van der Waals surface area contributed by atoms with Crippen molar-refractivity contribution in [3.63, 3.8) is 0 Å². The lowest BCUT2D eigenvalue weighted by Crippen LogP contribution is -2.38. The molecule has 10 heteroatoms. The van der Waals surface area contributed by atoms with Crippen molar-refractivity contribution in [3.05, 3.63) is 77.9 Å². The van der Waals surface area contributed by atoms with Gasteiger partial charge in [-0.15, -0.1) is 0 Å². The highest BCUT2D eigenvalue weighted by Gasteiger charge is 2.27. The maximum atomic E-state index is 13.9. The number of aryl methyl sites for hydroxylation is 1. The van der Waals surface area contributed by atoms with E-state index in [1.54, 1.807) is 55.8 Å². The summed E-state index contributed by atoms with van der Waals surface area (Å²) in [4.78, 5) is 31.8. The van der Waals surface area contributed by atoms with Crippen LogP contribution in [-0.2, 0) is 4.74 Å². The maximum absolute atomic E-state index is 13.9. The van der Waals surface area contributed by atoms with Crippen LogP contribution in [0.4, 0.5) is 14.9 Å². The van der Waals surface area contributed by atoms with E-state index in [-0.39, 0.29) is 30.9 Å². The molecule has 1 aliphatic carbocycles. The third-order valence-electron chi connectivity index (χ3n) is 6.50. The summed E-state index contributed by atoms with van der Waals surface area (Å²) in [5.41, 5.74) is 2.85. The number of fused-ring (bicyclic) bond motifs is 1. The molecule has 214 valence electrons. The first kappa shape index (κ1) is 28.1. The van der Waals surface area contributed by atoms with Crippen molar-refractivity contribution in [2.75, 3.05) is 18.1 Å². The predicted molar refractivity (Wildman–Crippen MR) is 153 cm³/mol. The lowest BCUT2D eigenvalue weighted by molar-refractivity contribution is 0.0573. The first-order valence-corrected chi connectivity index (χ1v) is 13.5. The average molecular weight is 561 g/mol. The molecular formula is C31H33FN4O5. The number of aliphatic hydroxyl groups excluding tert-OH is 1. The largest absolute Gasteiger partial charge is 0.456 e. The fourth-order valence-electron chi connectivity index (χ4n) is 4.48. The van der Waals surface area contributed by atoms with Gasteiger partial charge in [0.05, 0.1) is 36.9 Å². The Morgan fingerprint density at radius 3 is 2.59 bits per heavy atom. The third kappa shape index (κ3) is 6.49. The molecule has 0 radical (unpaired) electrons. The van der Waals surface area contributed by atoms with Crippen LogP contribution in [0.15, 0.2) is 60.9 Å². The summed E-state index contributed by atoms with van der Waals surface area (Å²) < 4.78 is 27.3. The highest BCUT2D eigenvalue weighted by molar-refractivity contribution is 5.97. The SMILES string of the molecule is Cc1cc(-c2cnc3c(N(CCO)C(=O)OC(C)(C)C)cc(Oc4cccc(F)c4)cn23)ccc1C(=O)NC1CC1. The number of hydrogen-bond donors (Lipinski definition) is 2. The van der Waals surface area contributed by atoms with Crippen LogP contribution < -0.4 is 15.0 Å². The molecular weight excluding hydrogens is 527 g/mol. The van der Waals surface area contributed by atoms with Crippen molar-refractivity contribution in [2.45, 2.75) is 52.2 Å². The molecule has 0 atom stereocenters. The first-order valence-electron chi connectivity index (χ1n) is 13.5. The lowest BCUT2D eigenvalue weighted by atomic mass is 10.0. The quantitative estimate of drug-likeness (QED) is 0.279. The van der Waals surface area contributed by atoms with Crippen molar-refractivity contribution >= 4 is 23.3 Å². The summed E-state index contributed by atoms with van der Waals surface area (Å²) in [5, 5.41) is 12.8. The van der Waals surface area contributed by atoms with Crippen LogP contribution in [0.25, 0.3) is 16.9 Å². The standard InChI is InChI=1S/C31H33FN4O5/c1-19-14-20(8-11-25(19)29(38)34-22-9-10-22)27-17-33-28-26(35(12-13-37)30(39)41-31(2,3)4)16-24(18-36(27)28)40-23-7-5-6-21(32)15-23/h5-8,11,14-18,22,37H,9-10,12-13H2,1-4H3,(H,34,38). The summed E-state index contributed by atoms with van der Waals surface area (Å²) in [6.07, 6.45) is 4.70. The molecule has 1 aliphatic rings. The predicted octanol–water partition coefficient (Wildman–Crippen LogP) is 5.87. The zero-order chi connectivity index (χ0) is 29.3. The number of carbonyl (C=O) groups excluding carboxylic acids is 2. The molecule has 0 aliphatic heterocycles. The number of aromatic nitrogens is 2. The second-order valence-electron chi connectivity index (χ2n) is 11.1. The van der Waals surface area contributed by atoms with E-state index in [4.69, 9.17) is 9.47 Å². The van der Waals surface area contributed by atoms with Crippen molar-refractivity contribution in [1.82, 2.24) is 14.7 Å². The number of imidazole rings is 1. The number of nitrogens with one attached hydrogen (secondary N) is 1. The highest BCUT2D eigenvalue weighted by Crippen LogP contribution is 2.34. The molecule has 0 spiro atoms. The minimum atomic E-state index is -0.775. The molecule has 1 saturated carbocycles. The van der Waals surface area contributed by atoms with Crippen LogP contribution in [0, 0.1) is 12.7 Å². The Balaban J connectivity index is 1.61. The van der Waals surface area contributed by atoms with Crippen molar-refractivity contribution in [1.29, 1.82) is 0 Å². The minimum absolute atomic E-state index is 0.0555. The van der Waals surface area contributed by atoms with E-state index in [1.165, 1.54) is 23.1 Å². The van der Waals surface area contributed by atoms with Gasteiger partial charge in [0.2, 0.25) is 0 Å². The molecule has 5 rings (SSSR count). The van der Waals surface area contributed by atoms with Gasteiger partial charge >= 0.3 is 6.09 Å². The Bertz CT molecular complexity index is 1610. The molecule has 41 heavy (non-hydrogen) atoms. The van der Waals surface area contributed by atoms with Crippen LogP contribution in [0.2, 0.25) is 0 Å². The van der Waals surface area contributed by atoms with Gasteiger partial charge in [0, 0.05) is 29.3 Å². The molecule has 2 amide bonds. The molecule has 1 fully saturated rings. The maximum Gasteiger partial charge on any atom is 0.415 e. The molecule has 2 heterocycles. The van der Waals surface area contributed by atoms with E-state index in [9.17, 15) is 19.1 Å². The molecule has 2 aromatic carbocycles. The normalized spacial score (nSPS) is 13.2. The van der Waals surface area contributed by atoms with Crippen molar-refractivity contribution < 1.29 is 28.6 Å². The second-order valence-corrected chi connectivity index (χ2v) is 11.1. The number of carbonyl (C=O) groups is 2. The Kier molecular flexibility index (Phi) is 7.68. The van der Waals surface area contributed by atoms with Gasteiger partial charge in [0.1, 0.15) is 22.9 Å². The number of halogens is 1. The van der Waals surface area contributed by atoms with E-state index in [0.717, 1.165) is 24.0 Å². The molecule has 0 bridgehead atoms. The van der Waals surface area contributed by atoms with Crippen LogP contribution in [0.1, 0.15) is 49.5 Å². The highest BCUT2D eigenvalue weighted by atomic mass is 19.1. The van der Waals surface area contributed by atoms with Gasteiger partial charge in [-0.05, 0) is 70.4 Å². The average Bonchev–Trinajstić information content (AvgIpc) is 3.61. The minimum Gasteiger partial charge on any atom is -0.456 e. The summed E-state index contributed by atoms with van der Waals surface area (Å²) in [6, 6.07) is 13.1. The van der Waals surface area contributed by atoms with Crippen LogP contribution >= 0.6 is 0 Å². The van der Waals surface area contributed by atoms with Crippen LogP contribution in [0.3, 0.4) is 0 Å². The summed E-state index contributed by atoms with van der Waals surface area (Å²) in [5.74, 6) is 0.0228. The van der Waals surface area contributed by atoms with Gasteiger partial charge in [-0.25, -0.2) is 14.2 Å². The van der Waals surface area contributed by atoms with E-state index in [1.807, 2.05) is 19.1 Å². The van der Waals surface area contributed by atoms with Gasteiger partial charge in [0.25, 0.3) is 5.91 Å². The van der Waals surface area contributed by atoms with Crippen molar-refractivity contribution in [3.8, 4) is 22.8 Å². The molecule has 9 nitrogen and oxygen atoms in total. The van der Waals surface area contributed by atoms with E-state index in [2.05, 4.69) is 10.3 Å². The molecule has 2 aromatic heterocycles. The monoisotopic (exact) mass is 560 g/mol. The number of benzene rings is 2. The molecule has 0 unspecified atom stereocenters. The van der Waals surface area contributed by atoms with E-state index >= 15 is 0 Å². The fourth-order valence-corrected chi connectivity index (χ4v) is 4.48.